The molecule has 2 aromatic rings. The van der Waals surface area contributed by atoms with Gasteiger partial charge in [0.05, 0.1) is 6.04 Å². The normalized spacial score (nSPS) is 23.3. The van der Waals surface area contributed by atoms with Crippen molar-refractivity contribution >= 4 is 5.91 Å². The molecule has 2 fully saturated rings. The second kappa shape index (κ2) is 6.01. The lowest BCUT2D eigenvalue weighted by atomic mass is 9.93. The number of aromatic amines is 1. The zero-order valence-corrected chi connectivity index (χ0v) is 13.7. The zero-order chi connectivity index (χ0) is 16.7. The highest BCUT2D eigenvalue weighted by Gasteiger charge is 2.32. The highest BCUT2D eigenvalue weighted by atomic mass is 16.5. The lowest BCUT2D eigenvalue weighted by Crippen LogP contribution is -2.36. The molecule has 1 aliphatic carbocycles. The molecule has 24 heavy (non-hydrogen) atoms. The van der Waals surface area contributed by atoms with Crippen molar-refractivity contribution in [3.05, 3.63) is 29.2 Å². The number of hydrogen-bond donors (Lipinski definition) is 2. The molecule has 4 rings (SSSR count). The third-order valence-electron chi connectivity index (χ3n) is 5.05. The van der Waals surface area contributed by atoms with Gasteiger partial charge in [-0.2, -0.15) is 10.1 Å². The molecule has 8 heteroatoms. The van der Waals surface area contributed by atoms with E-state index in [4.69, 9.17) is 10.3 Å². The van der Waals surface area contributed by atoms with Gasteiger partial charge in [0.1, 0.15) is 5.69 Å². The van der Waals surface area contributed by atoms with Gasteiger partial charge in [0.25, 0.3) is 5.91 Å². The summed E-state index contributed by atoms with van der Waals surface area (Å²) in [5.41, 5.74) is 6.54. The quantitative estimate of drug-likeness (QED) is 0.862. The highest BCUT2D eigenvalue weighted by Crippen LogP contribution is 2.39. The van der Waals surface area contributed by atoms with Gasteiger partial charge in [-0.15, -0.1) is 0 Å². The minimum absolute atomic E-state index is 0.0892. The molecule has 0 aromatic carbocycles. The summed E-state index contributed by atoms with van der Waals surface area (Å²) in [7, 11) is 0. The molecule has 1 aliphatic heterocycles. The Morgan fingerprint density at radius 1 is 1.42 bits per heavy atom. The van der Waals surface area contributed by atoms with E-state index in [1.807, 2.05) is 0 Å². The van der Waals surface area contributed by atoms with Crippen LogP contribution in [-0.2, 0) is 0 Å². The Morgan fingerprint density at radius 3 is 2.96 bits per heavy atom. The van der Waals surface area contributed by atoms with Crippen LogP contribution in [0, 0.1) is 0 Å². The van der Waals surface area contributed by atoms with Crippen LogP contribution in [0.5, 0.6) is 0 Å². The number of carbonyl (C=O) groups excluding carboxylic acids is 1. The van der Waals surface area contributed by atoms with Crippen LogP contribution in [0.1, 0.15) is 78.4 Å². The summed E-state index contributed by atoms with van der Waals surface area (Å²) in [5.74, 6) is 1.84. The standard InChI is InChI=1S/C16H22N6O2/c1-9(16-18-15(21-24-16)10-4-5-10)22-6-2-3-11(8-22)12-7-13(14(17)23)20-19-12/h7,9-11H,2-6,8H2,1H3,(H2,17,23)(H,19,20)/t9-,11+/m1/s1. The summed E-state index contributed by atoms with van der Waals surface area (Å²) in [6, 6.07) is 1.85. The Morgan fingerprint density at radius 2 is 2.25 bits per heavy atom. The van der Waals surface area contributed by atoms with Crippen molar-refractivity contribution in [3.8, 4) is 0 Å². The SMILES string of the molecule is C[C@H](c1nc(C2CC2)no1)N1CCC[C@H](c2cc(C(N)=O)n[nH]2)C1. The van der Waals surface area contributed by atoms with Crippen molar-refractivity contribution in [1.29, 1.82) is 0 Å². The van der Waals surface area contributed by atoms with Crippen LogP contribution in [0.25, 0.3) is 0 Å². The van der Waals surface area contributed by atoms with Crippen molar-refractivity contribution in [1.82, 2.24) is 25.2 Å². The molecule has 1 saturated carbocycles. The Hall–Kier alpha value is -2.22. The number of aromatic nitrogens is 4. The Kier molecular flexibility index (Phi) is 3.84. The lowest BCUT2D eigenvalue weighted by molar-refractivity contribution is 0.0995. The Labute approximate surface area is 139 Å². The first-order chi connectivity index (χ1) is 11.6. The smallest absolute Gasteiger partial charge is 0.269 e. The van der Waals surface area contributed by atoms with Gasteiger partial charge in [0, 0.05) is 24.1 Å². The average molecular weight is 330 g/mol. The number of likely N-dealkylation sites (tertiary alicyclic amines) is 1. The summed E-state index contributed by atoms with van der Waals surface area (Å²) in [6.07, 6.45) is 4.46. The molecule has 2 aliphatic rings. The molecule has 0 unspecified atom stereocenters. The fourth-order valence-electron chi connectivity index (χ4n) is 3.36. The number of nitrogens with zero attached hydrogens (tertiary/aromatic N) is 4. The lowest BCUT2D eigenvalue weighted by Gasteiger charge is -2.34. The molecular formula is C16H22N6O2. The van der Waals surface area contributed by atoms with Crippen molar-refractivity contribution in [2.75, 3.05) is 13.1 Å². The van der Waals surface area contributed by atoms with Crippen LogP contribution in [0.4, 0.5) is 0 Å². The third kappa shape index (κ3) is 2.93. The van der Waals surface area contributed by atoms with Gasteiger partial charge in [0.2, 0.25) is 5.89 Å². The first-order valence-corrected chi connectivity index (χ1v) is 8.54. The number of H-pyrrole nitrogens is 1. The van der Waals surface area contributed by atoms with E-state index < -0.39 is 5.91 Å². The van der Waals surface area contributed by atoms with Crippen LogP contribution < -0.4 is 5.73 Å². The summed E-state index contributed by atoms with van der Waals surface area (Å²) in [4.78, 5) is 18.1. The van der Waals surface area contributed by atoms with Crippen molar-refractivity contribution < 1.29 is 9.32 Å². The largest absolute Gasteiger partial charge is 0.364 e. The fraction of sp³-hybridized carbons (Fsp3) is 0.625. The maximum absolute atomic E-state index is 11.2. The maximum Gasteiger partial charge on any atom is 0.269 e. The first-order valence-electron chi connectivity index (χ1n) is 8.54. The number of nitrogens with two attached hydrogens (primary N) is 1. The predicted octanol–water partition coefficient (Wildman–Crippen LogP) is 1.71. The second-order valence-corrected chi connectivity index (χ2v) is 6.85. The number of hydrogen-bond acceptors (Lipinski definition) is 6. The Balaban J connectivity index is 1.45. The van der Waals surface area contributed by atoms with Gasteiger partial charge in [-0.25, -0.2) is 0 Å². The van der Waals surface area contributed by atoms with E-state index in [1.165, 1.54) is 12.8 Å². The minimum Gasteiger partial charge on any atom is -0.364 e. The van der Waals surface area contributed by atoms with Gasteiger partial charge < -0.3 is 10.3 Å². The molecular weight excluding hydrogens is 308 g/mol. The summed E-state index contributed by atoms with van der Waals surface area (Å²) < 4.78 is 5.47. The molecule has 2 aromatic heterocycles. The van der Waals surface area contributed by atoms with Gasteiger partial charge in [-0.05, 0) is 45.2 Å². The monoisotopic (exact) mass is 330 g/mol. The average Bonchev–Trinajstić information content (AvgIpc) is 3.13. The first kappa shape index (κ1) is 15.3. The zero-order valence-electron chi connectivity index (χ0n) is 13.7. The summed E-state index contributed by atoms with van der Waals surface area (Å²) in [5, 5.41) is 11.1. The van der Waals surface area contributed by atoms with E-state index in [-0.39, 0.29) is 6.04 Å². The van der Waals surface area contributed by atoms with Crippen LogP contribution in [0.2, 0.25) is 0 Å². The van der Waals surface area contributed by atoms with Crippen molar-refractivity contribution in [2.24, 2.45) is 5.73 Å². The highest BCUT2D eigenvalue weighted by molar-refractivity contribution is 5.90. The van der Waals surface area contributed by atoms with E-state index in [0.717, 1.165) is 37.4 Å². The van der Waals surface area contributed by atoms with Crippen LogP contribution in [0.3, 0.4) is 0 Å². The molecule has 128 valence electrons. The van der Waals surface area contributed by atoms with Gasteiger partial charge in [-0.1, -0.05) is 5.16 Å². The van der Waals surface area contributed by atoms with Gasteiger partial charge >= 0.3 is 0 Å². The number of piperidine rings is 1. The molecule has 0 radical (unpaired) electrons. The van der Waals surface area contributed by atoms with E-state index in [1.54, 1.807) is 6.07 Å². The fourth-order valence-corrected chi connectivity index (χ4v) is 3.36. The molecule has 3 heterocycles. The van der Waals surface area contributed by atoms with E-state index >= 15 is 0 Å². The number of amides is 1. The molecule has 2 atom stereocenters. The predicted molar refractivity (Wildman–Crippen MR) is 85.3 cm³/mol. The minimum atomic E-state index is -0.503. The molecule has 1 saturated heterocycles. The molecule has 1 amide bonds. The van der Waals surface area contributed by atoms with Crippen LogP contribution in [-0.4, -0.2) is 44.2 Å². The molecule has 0 bridgehead atoms. The van der Waals surface area contributed by atoms with Crippen LogP contribution in [0.15, 0.2) is 10.6 Å². The molecule has 8 nitrogen and oxygen atoms in total. The summed E-state index contributed by atoms with van der Waals surface area (Å²) >= 11 is 0. The third-order valence-corrected chi connectivity index (χ3v) is 5.05. The van der Waals surface area contributed by atoms with Crippen molar-refractivity contribution in [2.45, 2.75) is 50.5 Å². The second-order valence-electron chi connectivity index (χ2n) is 6.85. The maximum atomic E-state index is 11.2. The number of nitrogens with one attached hydrogen (secondary N) is 1. The van der Waals surface area contributed by atoms with E-state index in [2.05, 4.69) is 32.2 Å². The number of primary amides is 1. The number of carbonyl (C=O) groups is 1. The number of rotatable bonds is 5. The molecule has 3 N–H and O–H groups in total. The molecule has 0 spiro atoms. The van der Waals surface area contributed by atoms with E-state index in [9.17, 15) is 4.79 Å². The summed E-state index contributed by atoms with van der Waals surface area (Å²) in [6.45, 7) is 3.96. The Bertz CT molecular complexity index is 735. The van der Waals surface area contributed by atoms with Gasteiger partial charge in [0.15, 0.2) is 5.82 Å². The van der Waals surface area contributed by atoms with Gasteiger partial charge in [-0.3, -0.25) is 14.8 Å². The van der Waals surface area contributed by atoms with E-state index in [0.29, 0.717) is 23.4 Å². The topological polar surface area (TPSA) is 114 Å². The van der Waals surface area contributed by atoms with Crippen LogP contribution >= 0.6 is 0 Å². The van der Waals surface area contributed by atoms with Crippen molar-refractivity contribution in [3.63, 3.8) is 0 Å².